The van der Waals surface area contributed by atoms with Crippen molar-refractivity contribution in [3.63, 3.8) is 0 Å². The van der Waals surface area contributed by atoms with Crippen molar-refractivity contribution in [1.29, 1.82) is 0 Å². The number of nitro benzene ring substituents is 1. The number of carbonyl (C=O) groups excluding carboxylic acids is 3. The summed E-state index contributed by atoms with van der Waals surface area (Å²) in [5.41, 5.74) is 7.15. The number of nitrogens with zero attached hydrogens (tertiary/aromatic N) is 2. The van der Waals surface area contributed by atoms with Gasteiger partial charge in [0.05, 0.1) is 17.0 Å². The first kappa shape index (κ1) is 20.2. The number of nitrogens with one attached hydrogen (secondary N) is 1. The van der Waals surface area contributed by atoms with E-state index in [1.807, 2.05) is 0 Å². The summed E-state index contributed by atoms with van der Waals surface area (Å²) >= 11 is 1.23. The van der Waals surface area contributed by atoms with Gasteiger partial charge in [0.25, 0.3) is 11.6 Å². The van der Waals surface area contributed by atoms with E-state index < -0.39 is 16.7 Å². The number of carbonyl (C=O) groups is 3. The predicted octanol–water partition coefficient (Wildman–Crippen LogP) is 2.31. The molecule has 3 amide bonds. The third kappa shape index (κ3) is 4.49. The Balaban J connectivity index is 1.77. The topological polar surface area (TPSA) is 136 Å². The zero-order valence-corrected chi connectivity index (χ0v) is 16.3. The van der Waals surface area contributed by atoms with Gasteiger partial charge in [-0.3, -0.25) is 24.5 Å². The van der Waals surface area contributed by atoms with Crippen molar-refractivity contribution in [2.75, 3.05) is 11.9 Å². The maximum absolute atomic E-state index is 12.3. The normalized spacial score (nSPS) is 13.2. The van der Waals surface area contributed by atoms with Gasteiger partial charge in [-0.05, 0) is 35.8 Å². The van der Waals surface area contributed by atoms with Crippen LogP contribution in [-0.4, -0.2) is 34.1 Å². The average molecular weight is 414 g/mol. The van der Waals surface area contributed by atoms with Crippen LogP contribution in [0.25, 0.3) is 6.08 Å². The molecular formula is C19H18N4O5S. The molecule has 29 heavy (non-hydrogen) atoms. The molecule has 3 N–H and O–H groups in total. The van der Waals surface area contributed by atoms with Crippen LogP contribution in [0.5, 0.6) is 0 Å². The second kappa shape index (κ2) is 8.23. The van der Waals surface area contributed by atoms with Crippen LogP contribution in [0.4, 0.5) is 10.7 Å². The fourth-order valence-electron chi connectivity index (χ4n) is 3.05. The molecule has 9 nitrogen and oxygen atoms in total. The van der Waals surface area contributed by atoms with Crippen LogP contribution < -0.4 is 11.1 Å². The number of thiophene rings is 1. The monoisotopic (exact) mass is 414 g/mol. The highest BCUT2D eigenvalue weighted by Gasteiger charge is 2.28. The van der Waals surface area contributed by atoms with Crippen LogP contribution in [0.3, 0.4) is 0 Å². The molecule has 1 aliphatic rings. The quantitative estimate of drug-likeness (QED) is 0.440. The maximum atomic E-state index is 12.3. The lowest BCUT2D eigenvalue weighted by molar-refractivity contribution is -0.384. The molecule has 0 spiro atoms. The summed E-state index contributed by atoms with van der Waals surface area (Å²) in [4.78, 5) is 48.5. The van der Waals surface area contributed by atoms with E-state index in [2.05, 4.69) is 5.32 Å². The molecular weight excluding hydrogens is 396 g/mol. The standard InChI is InChI=1S/C19H18N4O5S/c1-11(24)22-9-8-14-15(10-22)29-19(17(14)18(20)26)21-16(25)7-4-12-2-5-13(6-3-12)23(27)28/h2-7H,8-10H2,1H3,(H2,20,26)(H,21,25). The van der Waals surface area contributed by atoms with Gasteiger partial charge in [0.2, 0.25) is 11.8 Å². The Kier molecular flexibility index (Phi) is 5.74. The smallest absolute Gasteiger partial charge is 0.269 e. The highest BCUT2D eigenvalue weighted by atomic mass is 32.1. The summed E-state index contributed by atoms with van der Waals surface area (Å²) in [5.74, 6) is -1.15. The number of benzene rings is 1. The lowest BCUT2D eigenvalue weighted by atomic mass is 10.0. The minimum absolute atomic E-state index is 0.0403. The van der Waals surface area contributed by atoms with Crippen LogP contribution in [-0.2, 0) is 22.6 Å². The van der Waals surface area contributed by atoms with Crippen LogP contribution >= 0.6 is 11.3 Å². The summed E-state index contributed by atoms with van der Waals surface area (Å²) < 4.78 is 0. The Bertz CT molecular complexity index is 1030. The molecule has 150 valence electrons. The van der Waals surface area contributed by atoms with Gasteiger partial charge < -0.3 is 16.0 Å². The van der Waals surface area contributed by atoms with E-state index in [-0.39, 0.29) is 17.2 Å². The molecule has 3 rings (SSSR count). The van der Waals surface area contributed by atoms with Crippen LogP contribution in [0, 0.1) is 10.1 Å². The fourth-order valence-corrected chi connectivity index (χ4v) is 4.33. The first-order valence-electron chi connectivity index (χ1n) is 8.69. The van der Waals surface area contributed by atoms with Crippen molar-refractivity contribution in [2.45, 2.75) is 19.9 Å². The second-order valence-electron chi connectivity index (χ2n) is 6.43. The number of nitro groups is 1. The minimum Gasteiger partial charge on any atom is -0.365 e. The summed E-state index contributed by atoms with van der Waals surface area (Å²) in [7, 11) is 0. The van der Waals surface area contributed by atoms with E-state index in [9.17, 15) is 24.5 Å². The Morgan fingerprint density at radius 1 is 1.28 bits per heavy atom. The molecule has 0 unspecified atom stereocenters. The highest BCUT2D eigenvalue weighted by molar-refractivity contribution is 7.17. The molecule has 1 aromatic heterocycles. The number of non-ortho nitro benzene ring substituents is 1. The van der Waals surface area contributed by atoms with Crippen molar-refractivity contribution in [3.05, 3.63) is 62.0 Å². The summed E-state index contributed by atoms with van der Waals surface area (Å²) in [6.07, 6.45) is 3.28. The Morgan fingerprint density at radius 3 is 2.55 bits per heavy atom. The molecule has 10 heteroatoms. The van der Waals surface area contributed by atoms with E-state index in [0.29, 0.717) is 30.1 Å². The van der Waals surface area contributed by atoms with E-state index in [4.69, 9.17) is 5.73 Å². The number of nitrogens with two attached hydrogens (primary N) is 1. The van der Waals surface area contributed by atoms with E-state index >= 15 is 0 Å². The molecule has 1 aromatic carbocycles. The fraction of sp³-hybridized carbons (Fsp3) is 0.211. The number of primary amides is 1. The lowest BCUT2D eigenvalue weighted by Gasteiger charge is -2.25. The first-order valence-corrected chi connectivity index (χ1v) is 9.51. The van der Waals surface area contributed by atoms with Crippen molar-refractivity contribution >= 4 is 45.8 Å². The van der Waals surface area contributed by atoms with Crippen molar-refractivity contribution in [2.24, 2.45) is 5.73 Å². The molecule has 0 saturated heterocycles. The highest BCUT2D eigenvalue weighted by Crippen LogP contribution is 2.37. The third-order valence-corrected chi connectivity index (χ3v) is 5.65. The SMILES string of the molecule is CC(=O)N1CCc2c(sc(NC(=O)C=Cc3ccc([N+](=O)[O-])cc3)c2C(N)=O)C1. The first-order chi connectivity index (χ1) is 13.8. The van der Waals surface area contributed by atoms with Gasteiger partial charge in [0.1, 0.15) is 5.00 Å². The van der Waals surface area contributed by atoms with Gasteiger partial charge in [0.15, 0.2) is 0 Å². The van der Waals surface area contributed by atoms with Crippen molar-refractivity contribution in [1.82, 2.24) is 4.90 Å². The molecule has 0 bridgehead atoms. The molecule has 0 fully saturated rings. The van der Waals surface area contributed by atoms with E-state index in [0.717, 1.165) is 10.4 Å². The molecule has 0 aliphatic carbocycles. The van der Waals surface area contributed by atoms with Gasteiger partial charge in [0, 0.05) is 36.6 Å². The van der Waals surface area contributed by atoms with Gasteiger partial charge in [-0.2, -0.15) is 0 Å². The van der Waals surface area contributed by atoms with Crippen LogP contribution in [0.2, 0.25) is 0 Å². The molecule has 2 heterocycles. The van der Waals surface area contributed by atoms with Crippen molar-refractivity contribution < 1.29 is 19.3 Å². The van der Waals surface area contributed by atoms with E-state index in [1.54, 1.807) is 4.90 Å². The predicted molar refractivity (Wildman–Crippen MR) is 108 cm³/mol. The second-order valence-corrected chi connectivity index (χ2v) is 7.54. The molecule has 0 saturated carbocycles. The number of anilines is 1. The van der Waals surface area contributed by atoms with Crippen LogP contribution in [0.15, 0.2) is 30.3 Å². The number of rotatable bonds is 5. The molecule has 0 atom stereocenters. The summed E-state index contributed by atoms with van der Waals surface area (Å²) in [6, 6.07) is 5.74. The number of fused-ring (bicyclic) bond motifs is 1. The summed E-state index contributed by atoms with van der Waals surface area (Å²) in [5, 5.41) is 13.7. The lowest BCUT2D eigenvalue weighted by Crippen LogP contribution is -2.34. The molecule has 2 aromatic rings. The number of hydrogen-bond donors (Lipinski definition) is 2. The molecule has 1 aliphatic heterocycles. The Morgan fingerprint density at radius 2 is 1.97 bits per heavy atom. The number of hydrogen-bond acceptors (Lipinski definition) is 6. The minimum atomic E-state index is -0.631. The zero-order valence-electron chi connectivity index (χ0n) is 15.5. The van der Waals surface area contributed by atoms with E-state index in [1.165, 1.54) is 54.7 Å². The van der Waals surface area contributed by atoms with Crippen LogP contribution in [0.1, 0.15) is 33.3 Å². The van der Waals surface area contributed by atoms with Crippen molar-refractivity contribution in [3.8, 4) is 0 Å². The average Bonchev–Trinajstić information content (AvgIpc) is 3.03. The number of amides is 3. The maximum Gasteiger partial charge on any atom is 0.269 e. The Labute approximate surface area is 170 Å². The largest absolute Gasteiger partial charge is 0.365 e. The molecule has 0 radical (unpaired) electrons. The third-order valence-electron chi connectivity index (χ3n) is 4.52. The van der Waals surface area contributed by atoms with Gasteiger partial charge in [-0.15, -0.1) is 11.3 Å². The zero-order chi connectivity index (χ0) is 21.1. The Hall–Kier alpha value is -3.53. The van der Waals surface area contributed by atoms with Gasteiger partial charge in [-0.1, -0.05) is 0 Å². The van der Waals surface area contributed by atoms with Gasteiger partial charge >= 0.3 is 0 Å². The van der Waals surface area contributed by atoms with Gasteiger partial charge in [-0.25, -0.2) is 0 Å². The summed E-state index contributed by atoms with van der Waals surface area (Å²) in [6.45, 7) is 2.36.